The van der Waals surface area contributed by atoms with Crippen LogP contribution in [-0.2, 0) is 14.9 Å². The molecule has 10 heteroatoms. The number of para-hydroxylation sites is 1. The fourth-order valence-electron chi connectivity index (χ4n) is 2.59. The molecular formula is C20H17FN2O6S. The zero-order valence-electron chi connectivity index (χ0n) is 16.0. The fraction of sp³-hybridized carbons (Fsp3) is 0.150. The maximum Gasteiger partial charge on any atom is 0.362 e. The first-order valence-corrected chi connectivity index (χ1v) is 10.2. The van der Waals surface area contributed by atoms with Crippen LogP contribution >= 0.6 is 0 Å². The van der Waals surface area contributed by atoms with E-state index in [1.54, 1.807) is 38.1 Å². The standard InChI is InChI=1S/C20H17FN2O6S/c1-3-28-20(25)19-17(29-30(26,27)15-10-8-14(21)9-11-15)12-18(24)23(22-19)16-7-5-4-6-13(16)2/h4-12H,3H2,1-2H3. The van der Waals surface area contributed by atoms with Crippen LogP contribution in [0.5, 0.6) is 5.75 Å². The molecule has 0 saturated carbocycles. The lowest BCUT2D eigenvalue weighted by Crippen LogP contribution is -2.26. The molecule has 0 aliphatic carbocycles. The summed E-state index contributed by atoms with van der Waals surface area (Å²) in [6.45, 7) is 3.30. The fourth-order valence-corrected chi connectivity index (χ4v) is 3.51. The Hall–Kier alpha value is -3.53. The third kappa shape index (κ3) is 4.38. The van der Waals surface area contributed by atoms with Gasteiger partial charge in [0.05, 0.1) is 18.4 Å². The molecule has 8 nitrogen and oxygen atoms in total. The molecule has 0 bridgehead atoms. The van der Waals surface area contributed by atoms with Crippen molar-refractivity contribution in [3.63, 3.8) is 0 Å². The van der Waals surface area contributed by atoms with Gasteiger partial charge in [-0.25, -0.2) is 9.18 Å². The van der Waals surface area contributed by atoms with E-state index in [0.29, 0.717) is 11.3 Å². The topological polar surface area (TPSA) is 105 Å². The number of aryl methyl sites for hydroxylation is 1. The average molecular weight is 432 g/mol. The monoisotopic (exact) mass is 432 g/mol. The second-order valence-electron chi connectivity index (χ2n) is 6.11. The molecule has 1 heterocycles. The molecule has 0 fully saturated rings. The highest BCUT2D eigenvalue weighted by molar-refractivity contribution is 7.87. The third-order valence-corrected chi connectivity index (χ3v) is 5.26. The van der Waals surface area contributed by atoms with E-state index >= 15 is 0 Å². The number of benzene rings is 2. The highest BCUT2D eigenvalue weighted by Gasteiger charge is 2.25. The van der Waals surface area contributed by atoms with E-state index in [1.807, 2.05) is 0 Å². The molecule has 30 heavy (non-hydrogen) atoms. The van der Waals surface area contributed by atoms with E-state index in [1.165, 1.54) is 0 Å². The molecule has 1 aromatic heterocycles. The SMILES string of the molecule is CCOC(=O)c1nn(-c2ccccc2C)c(=O)cc1OS(=O)(=O)c1ccc(F)cc1. The van der Waals surface area contributed by atoms with Gasteiger partial charge in [0.15, 0.2) is 5.75 Å². The Kier molecular flexibility index (Phi) is 5.97. The number of carbonyl (C=O) groups excluding carboxylic acids is 1. The van der Waals surface area contributed by atoms with E-state index in [9.17, 15) is 22.4 Å². The summed E-state index contributed by atoms with van der Waals surface area (Å²) in [5.74, 6) is -2.19. The minimum absolute atomic E-state index is 0.00580. The first-order chi connectivity index (χ1) is 14.2. The molecular weight excluding hydrogens is 415 g/mol. The van der Waals surface area contributed by atoms with Crippen molar-refractivity contribution in [2.24, 2.45) is 0 Å². The molecule has 0 radical (unpaired) electrons. The van der Waals surface area contributed by atoms with Gasteiger partial charge in [-0.3, -0.25) is 4.79 Å². The summed E-state index contributed by atoms with van der Waals surface area (Å²) in [6, 6.07) is 11.5. The Morgan fingerprint density at radius 2 is 1.80 bits per heavy atom. The number of aromatic nitrogens is 2. The zero-order valence-corrected chi connectivity index (χ0v) is 16.8. The Balaban J connectivity index is 2.13. The summed E-state index contributed by atoms with van der Waals surface area (Å²) in [4.78, 5) is 24.6. The normalized spacial score (nSPS) is 11.2. The zero-order chi connectivity index (χ0) is 21.9. The van der Waals surface area contributed by atoms with Gasteiger partial charge in [-0.05, 0) is 49.7 Å². The van der Waals surface area contributed by atoms with Gasteiger partial charge in [0.25, 0.3) is 5.56 Å². The number of hydrogen-bond acceptors (Lipinski definition) is 7. The Morgan fingerprint density at radius 1 is 1.13 bits per heavy atom. The van der Waals surface area contributed by atoms with Crippen molar-refractivity contribution < 1.29 is 26.5 Å². The van der Waals surface area contributed by atoms with E-state index in [2.05, 4.69) is 5.10 Å². The number of nitrogens with zero attached hydrogens (tertiary/aromatic N) is 2. The minimum Gasteiger partial charge on any atom is -0.461 e. The van der Waals surface area contributed by atoms with Crippen LogP contribution in [0.3, 0.4) is 0 Å². The van der Waals surface area contributed by atoms with Crippen molar-refractivity contribution in [3.8, 4) is 11.4 Å². The van der Waals surface area contributed by atoms with Gasteiger partial charge < -0.3 is 8.92 Å². The summed E-state index contributed by atoms with van der Waals surface area (Å²) in [5.41, 5.74) is -0.109. The number of carbonyl (C=O) groups is 1. The molecule has 156 valence electrons. The molecule has 3 aromatic rings. The Morgan fingerprint density at radius 3 is 2.43 bits per heavy atom. The minimum atomic E-state index is -4.47. The lowest BCUT2D eigenvalue weighted by molar-refractivity contribution is 0.0515. The smallest absolute Gasteiger partial charge is 0.362 e. The summed E-state index contributed by atoms with van der Waals surface area (Å²) < 4.78 is 49.0. The summed E-state index contributed by atoms with van der Waals surface area (Å²) in [7, 11) is -4.47. The van der Waals surface area contributed by atoms with E-state index in [4.69, 9.17) is 8.92 Å². The van der Waals surface area contributed by atoms with Crippen molar-refractivity contribution in [1.29, 1.82) is 0 Å². The molecule has 0 aliphatic rings. The summed E-state index contributed by atoms with van der Waals surface area (Å²) in [6.07, 6.45) is 0. The van der Waals surface area contributed by atoms with Crippen LogP contribution in [0.4, 0.5) is 4.39 Å². The number of rotatable bonds is 6. The van der Waals surface area contributed by atoms with Crippen LogP contribution in [0, 0.1) is 12.7 Å². The first kappa shape index (κ1) is 21.2. The van der Waals surface area contributed by atoms with Crippen LogP contribution in [-0.4, -0.2) is 30.8 Å². The lowest BCUT2D eigenvalue weighted by Gasteiger charge is -2.13. The molecule has 3 rings (SSSR count). The van der Waals surface area contributed by atoms with Crippen LogP contribution in [0.15, 0.2) is 64.3 Å². The first-order valence-electron chi connectivity index (χ1n) is 8.80. The second-order valence-corrected chi connectivity index (χ2v) is 7.65. The van der Waals surface area contributed by atoms with Crippen LogP contribution in [0.25, 0.3) is 5.69 Å². The molecule has 0 saturated heterocycles. The van der Waals surface area contributed by atoms with E-state index in [-0.39, 0.29) is 11.5 Å². The van der Waals surface area contributed by atoms with Gasteiger partial charge in [-0.15, -0.1) is 0 Å². The van der Waals surface area contributed by atoms with Crippen molar-refractivity contribution in [3.05, 3.63) is 82.0 Å². The quantitative estimate of drug-likeness (QED) is 0.436. The molecule has 0 unspecified atom stereocenters. The number of halogens is 1. The van der Waals surface area contributed by atoms with Gasteiger partial charge in [0.1, 0.15) is 10.7 Å². The molecule has 0 spiro atoms. The molecule has 0 N–H and O–H groups in total. The van der Waals surface area contributed by atoms with Crippen molar-refractivity contribution in [1.82, 2.24) is 9.78 Å². The van der Waals surface area contributed by atoms with Crippen LogP contribution < -0.4 is 9.74 Å². The predicted octanol–water partition coefficient (Wildman–Crippen LogP) is 2.62. The molecule has 0 atom stereocenters. The Labute approximate surface area is 171 Å². The maximum absolute atomic E-state index is 13.1. The summed E-state index contributed by atoms with van der Waals surface area (Å²) in [5, 5.41) is 3.99. The van der Waals surface area contributed by atoms with Gasteiger partial charge in [-0.1, -0.05) is 18.2 Å². The van der Waals surface area contributed by atoms with Crippen LogP contribution in [0.2, 0.25) is 0 Å². The van der Waals surface area contributed by atoms with Crippen LogP contribution in [0.1, 0.15) is 23.0 Å². The van der Waals surface area contributed by atoms with E-state index in [0.717, 1.165) is 35.0 Å². The van der Waals surface area contributed by atoms with Crippen molar-refractivity contribution in [2.75, 3.05) is 6.61 Å². The largest absolute Gasteiger partial charge is 0.461 e. The predicted molar refractivity (Wildman–Crippen MR) is 105 cm³/mol. The maximum atomic E-state index is 13.1. The van der Waals surface area contributed by atoms with Gasteiger partial charge in [-0.2, -0.15) is 18.2 Å². The van der Waals surface area contributed by atoms with Gasteiger partial charge in [0.2, 0.25) is 5.69 Å². The third-order valence-electron chi connectivity index (χ3n) is 4.01. The highest BCUT2D eigenvalue weighted by atomic mass is 32.2. The lowest BCUT2D eigenvalue weighted by atomic mass is 10.2. The number of esters is 1. The molecule has 0 amide bonds. The van der Waals surface area contributed by atoms with E-state index < -0.39 is 38.9 Å². The van der Waals surface area contributed by atoms with Gasteiger partial charge >= 0.3 is 16.1 Å². The molecule has 0 aliphatic heterocycles. The highest BCUT2D eigenvalue weighted by Crippen LogP contribution is 2.22. The molecule has 2 aromatic carbocycles. The average Bonchev–Trinajstić information content (AvgIpc) is 2.69. The van der Waals surface area contributed by atoms with Crippen molar-refractivity contribution in [2.45, 2.75) is 18.7 Å². The summed E-state index contributed by atoms with van der Waals surface area (Å²) >= 11 is 0. The Bertz CT molecular complexity index is 1250. The van der Waals surface area contributed by atoms with Crippen molar-refractivity contribution >= 4 is 16.1 Å². The van der Waals surface area contributed by atoms with Gasteiger partial charge in [0, 0.05) is 0 Å². The second kappa shape index (κ2) is 8.46. The number of hydrogen-bond donors (Lipinski definition) is 0. The number of ether oxygens (including phenoxy) is 1.